The molecule has 1 saturated heterocycles. The minimum Gasteiger partial charge on any atom is -0.396 e. The van der Waals surface area contributed by atoms with Crippen LogP contribution in [0.25, 0.3) is 0 Å². The first-order valence-electron chi connectivity index (χ1n) is 10.5. The molecule has 184 valence electrons. The molecule has 1 aliphatic rings. The van der Waals surface area contributed by atoms with Crippen LogP contribution in [0.5, 0.6) is 0 Å². The molecule has 0 bridgehead atoms. The molecule has 2 aromatic carbocycles. The Kier molecular flexibility index (Phi) is 7.91. The Morgan fingerprint density at radius 1 is 1.21 bits per heavy atom. The first-order chi connectivity index (χ1) is 15.9. The number of sulfonamides is 1. The number of nitro groups is 1. The normalized spacial score (nSPS) is 15.8. The molecule has 0 radical (unpaired) electrons. The maximum absolute atomic E-state index is 13.4. The molecular formula is C21H25Cl2N5O5S. The smallest absolute Gasteiger partial charge is 0.292 e. The van der Waals surface area contributed by atoms with E-state index in [2.05, 4.69) is 11.6 Å². The summed E-state index contributed by atoms with van der Waals surface area (Å²) in [4.78, 5) is 25.3. The molecule has 1 heterocycles. The third-order valence-corrected chi connectivity index (χ3v) is 7.86. The van der Waals surface area contributed by atoms with E-state index in [-0.39, 0.29) is 38.4 Å². The maximum atomic E-state index is 13.4. The van der Waals surface area contributed by atoms with Crippen LogP contribution >= 0.6 is 23.2 Å². The molecule has 3 rings (SSSR count). The Morgan fingerprint density at radius 3 is 2.35 bits per heavy atom. The average molecular weight is 530 g/mol. The minimum absolute atomic E-state index is 0.0338. The van der Waals surface area contributed by atoms with Gasteiger partial charge in [0.1, 0.15) is 11.7 Å². The van der Waals surface area contributed by atoms with Crippen LogP contribution in [0, 0.1) is 16.0 Å². The van der Waals surface area contributed by atoms with E-state index < -0.39 is 26.9 Å². The Labute approximate surface area is 207 Å². The summed E-state index contributed by atoms with van der Waals surface area (Å²) in [5.41, 5.74) is 11.4. The van der Waals surface area contributed by atoms with Crippen molar-refractivity contribution in [1.82, 2.24) is 9.62 Å². The summed E-state index contributed by atoms with van der Waals surface area (Å²) < 4.78 is 28.7. The van der Waals surface area contributed by atoms with Crippen LogP contribution in [0.3, 0.4) is 0 Å². The van der Waals surface area contributed by atoms with Gasteiger partial charge >= 0.3 is 0 Å². The highest BCUT2D eigenvalue weighted by atomic mass is 35.5. The summed E-state index contributed by atoms with van der Waals surface area (Å²) in [6.07, 6.45) is 1.46. The topological polar surface area (TPSA) is 162 Å². The quantitative estimate of drug-likeness (QED) is 0.281. The van der Waals surface area contributed by atoms with E-state index in [1.165, 1.54) is 18.2 Å². The van der Waals surface area contributed by atoms with E-state index >= 15 is 0 Å². The molecule has 0 spiro atoms. The molecule has 1 fully saturated rings. The molecule has 1 aliphatic heterocycles. The van der Waals surface area contributed by atoms with E-state index in [1.54, 1.807) is 4.90 Å². The number of nitro benzene ring substituents is 1. The summed E-state index contributed by atoms with van der Waals surface area (Å²) in [6, 6.07) is 5.17. The number of benzene rings is 2. The summed E-state index contributed by atoms with van der Waals surface area (Å²) in [5, 5.41) is 11.2. The lowest BCUT2D eigenvalue weighted by Gasteiger charge is -2.33. The molecular weight excluding hydrogens is 505 g/mol. The third-order valence-electron chi connectivity index (χ3n) is 5.79. The fraction of sp³-hybridized carbons (Fsp3) is 0.381. The number of rotatable bonds is 7. The largest absolute Gasteiger partial charge is 0.396 e. The van der Waals surface area contributed by atoms with Crippen molar-refractivity contribution in [2.45, 2.75) is 37.1 Å². The summed E-state index contributed by atoms with van der Waals surface area (Å²) in [7, 11) is -4.25. The van der Waals surface area contributed by atoms with Crippen molar-refractivity contribution in [1.29, 1.82) is 0 Å². The minimum atomic E-state index is -4.25. The molecule has 1 atom stereocenters. The van der Waals surface area contributed by atoms with Crippen molar-refractivity contribution in [3.8, 4) is 0 Å². The molecule has 1 unspecified atom stereocenters. The van der Waals surface area contributed by atoms with Crippen LogP contribution in [0.1, 0.15) is 25.3 Å². The lowest BCUT2D eigenvalue weighted by Crippen LogP contribution is -2.51. The van der Waals surface area contributed by atoms with Gasteiger partial charge in [0.15, 0.2) is 0 Å². The number of likely N-dealkylation sites (tertiary alicyclic amines) is 1. The zero-order chi connectivity index (χ0) is 25.2. The molecule has 13 heteroatoms. The Balaban J connectivity index is 1.95. The Hall–Kier alpha value is -2.60. The number of piperidine rings is 1. The molecule has 0 aliphatic carbocycles. The van der Waals surface area contributed by atoms with Gasteiger partial charge in [-0.15, -0.1) is 0 Å². The van der Waals surface area contributed by atoms with Gasteiger partial charge in [0.25, 0.3) is 5.69 Å². The lowest BCUT2D eigenvalue weighted by atomic mass is 9.97. The van der Waals surface area contributed by atoms with Gasteiger partial charge in [0.2, 0.25) is 15.9 Å². The first kappa shape index (κ1) is 26.0. The van der Waals surface area contributed by atoms with E-state index in [1.807, 2.05) is 0 Å². The standard InChI is InChI=1S/C21H25Cl2N5O5S/c1-12-4-6-27(7-5-12)21(29)18(8-13-2-3-17(24)19(9-13)28(30)31)26-34(32,33)14-10-15(22)20(25)16(23)11-14/h2-3,9-12,18,26H,4-8,24-25H2,1H3. The van der Waals surface area contributed by atoms with Gasteiger partial charge in [-0.2, -0.15) is 4.72 Å². The average Bonchev–Trinajstić information content (AvgIpc) is 2.77. The van der Waals surface area contributed by atoms with Gasteiger partial charge in [-0.05, 0) is 48.9 Å². The Morgan fingerprint density at radius 2 is 1.79 bits per heavy atom. The van der Waals surface area contributed by atoms with Crippen molar-refractivity contribution in [3.05, 3.63) is 56.1 Å². The van der Waals surface area contributed by atoms with Crippen molar-refractivity contribution in [3.63, 3.8) is 0 Å². The van der Waals surface area contributed by atoms with Crippen molar-refractivity contribution in [2.24, 2.45) is 5.92 Å². The van der Waals surface area contributed by atoms with E-state index in [0.29, 0.717) is 24.6 Å². The second kappa shape index (κ2) is 10.3. The number of anilines is 2. The van der Waals surface area contributed by atoms with Crippen LogP contribution in [0.15, 0.2) is 35.2 Å². The number of carbonyl (C=O) groups is 1. The molecule has 5 N–H and O–H groups in total. The highest BCUT2D eigenvalue weighted by Gasteiger charge is 2.32. The first-order valence-corrected chi connectivity index (χ1v) is 12.7. The monoisotopic (exact) mass is 529 g/mol. The number of nitrogen functional groups attached to an aromatic ring is 2. The zero-order valence-corrected chi connectivity index (χ0v) is 20.7. The number of hydrogen-bond donors (Lipinski definition) is 3. The number of halogens is 2. The predicted octanol–water partition coefficient (Wildman–Crippen LogP) is 3.21. The van der Waals surface area contributed by atoms with Crippen LogP contribution < -0.4 is 16.2 Å². The van der Waals surface area contributed by atoms with Gasteiger partial charge in [-0.25, -0.2) is 8.42 Å². The number of amides is 1. The highest BCUT2D eigenvalue weighted by molar-refractivity contribution is 7.89. The fourth-order valence-corrected chi connectivity index (χ4v) is 5.57. The molecule has 34 heavy (non-hydrogen) atoms. The zero-order valence-electron chi connectivity index (χ0n) is 18.3. The SMILES string of the molecule is CC1CCN(C(=O)C(Cc2ccc(N)c([N+](=O)[O-])c2)NS(=O)(=O)c2cc(Cl)c(N)c(Cl)c2)CC1. The van der Waals surface area contributed by atoms with Gasteiger partial charge in [0.05, 0.1) is 25.6 Å². The summed E-state index contributed by atoms with van der Waals surface area (Å²) >= 11 is 12.0. The number of hydrogen-bond acceptors (Lipinski definition) is 7. The molecule has 10 nitrogen and oxygen atoms in total. The van der Waals surface area contributed by atoms with Crippen LogP contribution in [0.2, 0.25) is 10.0 Å². The maximum Gasteiger partial charge on any atom is 0.292 e. The van der Waals surface area contributed by atoms with E-state index in [4.69, 9.17) is 34.7 Å². The molecule has 0 saturated carbocycles. The highest BCUT2D eigenvalue weighted by Crippen LogP contribution is 2.31. The van der Waals surface area contributed by atoms with Gasteiger partial charge < -0.3 is 16.4 Å². The summed E-state index contributed by atoms with van der Waals surface area (Å²) in [6.45, 7) is 3.06. The van der Waals surface area contributed by atoms with Crippen molar-refractivity contribution < 1.29 is 18.1 Å². The number of nitrogens with two attached hydrogens (primary N) is 2. The molecule has 1 amide bonds. The lowest BCUT2D eigenvalue weighted by molar-refractivity contribution is -0.384. The molecule has 2 aromatic rings. The molecule has 0 aromatic heterocycles. The van der Waals surface area contributed by atoms with Crippen LogP contribution in [-0.2, 0) is 21.2 Å². The predicted molar refractivity (Wildman–Crippen MR) is 131 cm³/mol. The van der Waals surface area contributed by atoms with E-state index in [0.717, 1.165) is 25.0 Å². The van der Waals surface area contributed by atoms with Gasteiger partial charge in [-0.1, -0.05) is 36.2 Å². The third kappa shape index (κ3) is 5.90. The fourth-order valence-electron chi connectivity index (χ4n) is 3.71. The second-order valence-electron chi connectivity index (χ2n) is 8.34. The second-order valence-corrected chi connectivity index (χ2v) is 10.9. The van der Waals surface area contributed by atoms with Crippen molar-refractivity contribution in [2.75, 3.05) is 24.6 Å². The van der Waals surface area contributed by atoms with Crippen molar-refractivity contribution >= 4 is 56.2 Å². The van der Waals surface area contributed by atoms with Gasteiger partial charge in [-0.3, -0.25) is 14.9 Å². The summed E-state index contributed by atoms with van der Waals surface area (Å²) in [5.74, 6) is 0.0283. The number of carbonyl (C=O) groups excluding carboxylic acids is 1. The number of nitrogens with zero attached hydrogens (tertiary/aromatic N) is 2. The van der Waals surface area contributed by atoms with Crippen LogP contribution in [0.4, 0.5) is 17.1 Å². The van der Waals surface area contributed by atoms with Gasteiger partial charge in [0, 0.05) is 19.2 Å². The Bertz CT molecular complexity index is 1190. The van der Waals surface area contributed by atoms with Crippen LogP contribution in [-0.4, -0.2) is 43.3 Å². The number of nitrogens with one attached hydrogen (secondary N) is 1. The van der Waals surface area contributed by atoms with E-state index in [9.17, 15) is 23.3 Å².